The first-order valence-electron chi connectivity index (χ1n) is 14.3. The highest BCUT2D eigenvalue weighted by Gasteiger charge is 2.76. The van der Waals surface area contributed by atoms with Gasteiger partial charge >= 0.3 is 5.97 Å². The topological polar surface area (TPSA) is 54.4 Å². The second-order valence-electron chi connectivity index (χ2n) is 16.0. The smallest absolute Gasteiger partial charge is 0.310 e. The van der Waals surface area contributed by atoms with Crippen molar-refractivity contribution in [3.63, 3.8) is 0 Å². The largest absolute Gasteiger partial charge is 0.481 e. The van der Waals surface area contributed by atoms with E-state index >= 15 is 0 Å². The number of aliphatic carboxylic acids is 1. The Morgan fingerprint density at radius 1 is 0.771 bits per heavy atom. The van der Waals surface area contributed by atoms with Gasteiger partial charge in [-0.1, -0.05) is 74.0 Å². The first-order valence-corrected chi connectivity index (χ1v) is 14.3. The van der Waals surface area contributed by atoms with Crippen molar-refractivity contribution in [1.82, 2.24) is 0 Å². The molecule has 0 unspecified atom stereocenters. The molecule has 3 heteroatoms. The number of carbonyl (C=O) groups is 2. The van der Waals surface area contributed by atoms with Crippen LogP contribution in [0.15, 0.2) is 11.6 Å². The van der Waals surface area contributed by atoms with Crippen molar-refractivity contribution in [1.29, 1.82) is 0 Å². The Morgan fingerprint density at radius 3 is 2.00 bits per heavy atom. The third-order valence-corrected chi connectivity index (χ3v) is 14.8. The van der Waals surface area contributed by atoms with E-state index in [1.54, 1.807) is 0 Å². The van der Waals surface area contributed by atoms with Gasteiger partial charge in [-0.3, -0.25) is 9.59 Å². The lowest BCUT2D eigenvalue weighted by molar-refractivity contribution is -0.264. The quantitative estimate of drug-likeness (QED) is 0.383. The third kappa shape index (κ3) is 2.60. The molecule has 0 heterocycles. The molecule has 4 fully saturated rings. The van der Waals surface area contributed by atoms with Crippen LogP contribution >= 0.6 is 0 Å². The zero-order chi connectivity index (χ0) is 26.1. The number of carboxylic acid groups (broad SMARTS) is 1. The molecule has 0 saturated heterocycles. The highest BCUT2D eigenvalue weighted by atomic mass is 16.4. The predicted octanol–water partition coefficient (Wildman–Crippen LogP) is 8.22. The monoisotopic (exact) mass is 482 g/mol. The van der Waals surface area contributed by atoms with Crippen LogP contribution in [0.2, 0.25) is 0 Å². The molecular formula is C32H50O3. The van der Waals surface area contributed by atoms with Gasteiger partial charge in [0.2, 0.25) is 0 Å². The summed E-state index contributed by atoms with van der Waals surface area (Å²) in [4.78, 5) is 26.1. The van der Waals surface area contributed by atoms with Gasteiger partial charge in [0.25, 0.3) is 0 Å². The van der Waals surface area contributed by atoms with E-state index in [1.807, 2.05) is 0 Å². The van der Waals surface area contributed by atoms with Crippen LogP contribution in [0.4, 0.5) is 0 Å². The van der Waals surface area contributed by atoms with E-state index in [1.165, 1.54) is 5.57 Å². The number of Topliss-reactive ketones (excluding diaryl/α,β-unsaturated/α-hetero) is 1. The highest BCUT2D eigenvalue weighted by molar-refractivity contribution is 5.86. The zero-order valence-corrected chi connectivity index (χ0v) is 24.0. The highest BCUT2D eigenvalue weighted by Crippen LogP contribution is 2.82. The molecule has 35 heavy (non-hydrogen) atoms. The maximum atomic E-state index is 13.2. The molecule has 0 radical (unpaired) electrons. The average molecular weight is 483 g/mol. The summed E-state index contributed by atoms with van der Waals surface area (Å²) in [7, 11) is 0. The van der Waals surface area contributed by atoms with Crippen LogP contribution in [0.5, 0.6) is 0 Å². The molecule has 196 valence electrons. The standard InChI is InChI=1S/C32H50O3/c1-25(2)14-18-32(24(34)35)19-15-27(5)21(22(32)20-25)10-12-31(9)29(27,7)17-16-28(6)26(3,4)23(33)11-13-30(28,31)8/h10,22H,11-20H2,1-9H3,(H,34,35)/t22-,27+,28-,29-,30-,31-,32-/m0/s1. The Balaban J connectivity index is 1.68. The van der Waals surface area contributed by atoms with Crippen molar-refractivity contribution < 1.29 is 14.7 Å². The average Bonchev–Trinajstić information content (AvgIpc) is 2.76. The summed E-state index contributed by atoms with van der Waals surface area (Å²) in [5, 5.41) is 10.6. The zero-order valence-electron chi connectivity index (χ0n) is 24.0. The number of allylic oxidation sites excluding steroid dienone is 2. The van der Waals surface area contributed by atoms with Crippen LogP contribution in [-0.4, -0.2) is 16.9 Å². The molecule has 0 bridgehead atoms. The van der Waals surface area contributed by atoms with E-state index in [9.17, 15) is 14.7 Å². The van der Waals surface area contributed by atoms with Gasteiger partial charge in [0, 0.05) is 11.8 Å². The fraction of sp³-hybridized carbons (Fsp3) is 0.875. The van der Waals surface area contributed by atoms with Crippen molar-refractivity contribution in [2.45, 2.75) is 127 Å². The molecule has 4 saturated carbocycles. The van der Waals surface area contributed by atoms with Crippen LogP contribution < -0.4 is 0 Å². The Kier molecular flexibility index (Phi) is 4.99. The molecule has 5 aliphatic carbocycles. The van der Waals surface area contributed by atoms with Crippen molar-refractivity contribution >= 4 is 11.8 Å². The van der Waals surface area contributed by atoms with E-state index in [0.29, 0.717) is 12.2 Å². The number of rotatable bonds is 1. The summed E-state index contributed by atoms with van der Waals surface area (Å²) in [5.41, 5.74) is 0.961. The summed E-state index contributed by atoms with van der Waals surface area (Å²) in [6, 6.07) is 0. The van der Waals surface area contributed by atoms with Gasteiger partial charge < -0.3 is 5.11 Å². The maximum Gasteiger partial charge on any atom is 0.310 e. The number of fused-ring (bicyclic) bond motifs is 7. The van der Waals surface area contributed by atoms with Crippen molar-refractivity contribution in [2.24, 2.45) is 49.2 Å². The second kappa shape index (κ2) is 6.84. The molecule has 3 nitrogen and oxygen atoms in total. The Hall–Kier alpha value is -1.12. The van der Waals surface area contributed by atoms with E-state index in [2.05, 4.69) is 68.4 Å². The number of carbonyl (C=O) groups excluding carboxylic acids is 1. The Morgan fingerprint density at radius 2 is 1.37 bits per heavy atom. The van der Waals surface area contributed by atoms with E-state index in [4.69, 9.17) is 0 Å². The third-order valence-electron chi connectivity index (χ3n) is 14.8. The first kappa shape index (κ1) is 25.5. The molecule has 5 rings (SSSR count). The molecule has 1 N–H and O–H groups in total. The lowest BCUT2D eigenvalue weighted by atomic mass is 9.26. The van der Waals surface area contributed by atoms with Gasteiger partial charge in [-0.15, -0.1) is 0 Å². The van der Waals surface area contributed by atoms with Gasteiger partial charge in [-0.05, 0) is 96.2 Å². The van der Waals surface area contributed by atoms with Crippen LogP contribution in [-0.2, 0) is 9.59 Å². The number of carboxylic acids is 1. The first-order chi connectivity index (χ1) is 15.9. The minimum Gasteiger partial charge on any atom is -0.481 e. The Labute approximate surface area is 213 Å². The molecular weight excluding hydrogens is 432 g/mol. The Bertz CT molecular complexity index is 1020. The molecule has 0 spiro atoms. The van der Waals surface area contributed by atoms with Crippen LogP contribution in [0.3, 0.4) is 0 Å². The predicted molar refractivity (Wildman–Crippen MR) is 141 cm³/mol. The van der Waals surface area contributed by atoms with Gasteiger partial charge in [0.1, 0.15) is 5.78 Å². The normalized spacial score (nSPS) is 52.3. The van der Waals surface area contributed by atoms with E-state index in [-0.39, 0.29) is 43.8 Å². The minimum atomic E-state index is -0.586. The van der Waals surface area contributed by atoms with Gasteiger partial charge in [0.05, 0.1) is 5.41 Å². The van der Waals surface area contributed by atoms with Crippen molar-refractivity contribution in [2.75, 3.05) is 0 Å². The molecule has 5 aliphatic rings. The maximum absolute atomic E-state index is 13.2. The van der Waals surface area contributed by atoms with E-state index < -0.39 is 11.4 Å². The molecule has 0 amide bonds. The fourth-order valence-corrected chi connectivity index (χ4v) is 11.1. The summed E-state index contributed by atoms with van der Waals surface area (Å²) < 4.78 is 0. The van der Waals surface area contributed by atoms with E-state index in [0.717, 1.165) is 57.8 Å². The van der Waals surface area contributed by atoms with Crippen LogP contribution in [0.1, 0.15) is 127 Å². The summed E-state index contributed by atoms with van der Waals surface area (Å²) in [5.74, 6) is 0.0285. The van der Waals surface area contributed by atoms with Crippen molar-refractivity contribution in [3.05, 3.63) is 11.6 Å². The molecule has 0 aromatic rings. The van der Waals surface area contributed by atoms with Crippen LogP contribution in [0, 0.1) is 49.2 Å². The van der Waals surface area contributed by atoms with Crippen molar-refractivity contribution in [3.8, 4) is 0 Å². The second-order valence-corrected chi connectivity index (χ2v) is 16.0. The van der Waals surface area contributed by atoms with Crippen LogP contribution in [0.25, 0.3) is 0 Å². The lowest BCUT2D eigenvalue weighted by Crippen LogP contribution is -2.72. The van der Waals surface area contributed by atoms with Gasteiger partial charge in [-0.25, -0.2) is 0 Å². The summed E-state index contributed by atoms with van der Waals surface area (Å²) >= 11 is 0. The number of hydrogen-bond donors (Lipinski definition) is 1. The number of ketones is 1. The minimum absolute atomic E-state index is 0.00692. The number of hydrogen-bond acceptors (Lipinski definition) is 2. The summed E-state index contributed by atoms with van der Waals surface area (Å²) in [6.07, 6.45) is 12.0. The van der Waals surface area contributed by atoms with Gasteiger partial charge in [0.15, 0.2) is 0 Å². The summed E-state index contributed by atoms with van der Waals surface area (Å²) in [6.45, 7) is 21.7. The van der Waals surface area contributed by atoms with Gasteiger partial charge in [-0.2, -0.15) is 0 Å². The molecule has 0 aromatic carbocycles. The SMILES string of the molecule is CC1(C)CC[C@]2(C(=O)O)CC[C@]3(C)C(=CC[C@]4(C)[C@@]5(C)CCC(=O)C(C)(C)[C@]5(C)CC[C@]43C)[C@@H]2C1. The molecule has 0 aromatic heterocycles. The molecule has 0 aliphatic heterocycles. The fourth-order valence-electron chi connectivity index (χ4n) is 11.1. The lowest BCUT2D eigenvalue weighted by Gasteiger charge is -2.77. The molecule has 7 atom stereocenters.